The van der Waals surface area contributed by atoms with Gasteiger partial charge in [0.25, 0.3) is 11.8 Å². The summed E-state index contributed by atoms with van der Waals surface area (Å²) in [6, 6.07) is 15.4. The normalized spacial score (nSPS) is 26.1. The summed E-state index contributed by atoms with van der Waals surface area (Å²) in [6.45, 7) is 2.84. The van der Waals surface area contributed by atoms with Gasteiger partial charge in [0, 0.05) is 0 Å². The molecule has 1 heterocycles. The van der Waals surface area contributed by atoms with Crippen LogP contribution in [0.3, 0.4) is 0 Å². The highest BCUT2D eigenvalue weighted by molar-refractivity contribution is 6.06. The van der Waals surface area contributed by atoms with Gasteiger partial charge in [0.2, 0.25) is 0 Å². The second-order valence-corrected chi connectivity index (χ2v) is 8.49. The van der Waals surface area contributed by atoms with Crippen LogP contribution in [0.1, 0.15) is 30.9 Å². The first-order valence-corrected chi connectivity index (χ1v) is 11.2. The van der Waals surface area contributed by atoms with Crippen molar-refractivity contribution >= 4 is 18.0 Å². The molecule has 4 aliphatic rings. The Kier molecular flexibility index (Phi) is 5.52. The molecule has 3 aliphatic carbocycles. The Morgan fingerprint density at radius 3 is 2.25 bits per heavy atom. The van der Waals surface area contributed by atoms with Gasteiger partial charge in [-0.1, -0.05) is 42.5 Å². The molecule has 2 aromatic rings. The van der Waals surface area contributed by atoms with Gasteiger partial charge in [0.1, 0.15) is 6.61 Å². The van der Waals surface area contributed by atoms with Crippen LogP contribution in [0.25, 0.3) is 0 Å². The quantitative estimate of drug-likeness (QED) is 0.375. The molecule has 0 N–H and O–H groups in total. The lowest BCUT2D eigenvalue weighted by atomic mass is 9.63. The van der Waals surface area contributed by atoms with Crippen molar-refractivity contribution in [2.24, 2.45) is 28.8 Å². The third-order valence-electron chi connectivity index (χ3n) is 6.56. The maximum absolute atomic E-state index is 12.9. The summed E-state index contributed by atoms with van der Waals surface area (Å²) in [5, 5.41) is 5.36. The summed E-state index contributed by atoms with van der Waals surface area (Å²) in [5.41, 5.74) is 1.80. The van der Waals surface area contributed by atoms with E-state index < -0.39 is 0 Å². The van der Waals surface area contributed by atoms with Crippen molar-refractivity contribution in [2.75, 3.05) is 6.61 Å². The molecule has 2 amide bonds. The molecular formula is C26H26N2O4. The van der Waals surface area contributed by atoms with Gasteiger partial charge in [-0.05, 0) is 60.9 Å². The Hall–Kier alpha value is -3.41. The molecule has 2 fully saturated rings. The maximum Gasteiger partial charge on any atom is 0.254 e. The number of hydrazone groups is 1. The first-order chi connectivity index (χ1) is 15.7. The smallest absolute Gasteiger partial charge is 0.254 e. The third kappa shape index (κ3) is 3.70. The van der Waals surface area contributed by atoms with Gasteiger partial charge >= 0.3 is 0 Å². The van der Waals surface area contributed by atoms with Crippen LogP contribution in [0, 0.1) is 23.7 Å². The zero-order chi connectivity index (χ0) is 22.1. The van der Waals surface area contributed by atoms with E-state index in [1.807, 2.05) is 55.5 Å². The fourth-order valence-corrected chi connectivity index (χ4v) is 5.02. The van der Waals surface area contributed by atoms with E-state index in [2.05, 4.69) is 17.3 Å². The fourth-order valence-electron chi connectivity index (χ4n) is 5.02. The predicted molar refractivity (Wildman–Crippen MR) is 120 cm³/mol. The summed E-state index contributed by atoms with van der Waals surface area (Å²) < 4.78 is 11.7. The highest BCUT2D eigenvalue weighted by Crippen LogP contribution is 2.49. The van der Waals surface area contributed by atoms with Gasteiger partial charge in [0.05, 0.1) is 24.7 Å². The van der Waals surface area contributed by atoms with Crippen LogP contribution in [0.4, 0.5) is 0 Å². The molecular weight excluding hydrogens is 404 g/mol. The summed E-state index contributed by atoms with van der Waals surface area (Å²) >= 11 is 0. The third-order valence-corrected chi connectivity index (χ3v) is 6.56. The number of fused-ring (bicyclic) bond motifs is 1. The van der Waals surface area contributed by atoms with Crippen LogP contribution in [-0.2, 0) is 16.2 Å². The second kappa shape index (κ2) is 8.61. The number of allylic oxidation sites excluding steroid dienone is 2. The first-order valence-electron chi connectivity index (χ1n) is 11.2. The van der Waals surface area contributed by atoms with E-state index in [0.29, 0.717) is 24.7 Å². The Morgan fingerprint density at radius 1 is 0.938 bits per heavy atom. The number of benzene rings is 2. The van der Waals surface area contributed by atoms with E-state index in [-0.39, 0.29) is 35.5 Å². The number of nitrogens with zero attached hydrogens (tertiary/aromatic N) is 2. The summed E-state index contributed by atoms with van der Waals surface area (Å²) in [4.78, 5) is 25.8. The minimum Gasteiger partial charge on any atom is -0.490 e. The standard InChI is InChI=1S/C26H26N2O4/c1-2-31-22-14-18(8-13-21(22)32-16-17-6-4-3-5-7-17)15-27-28-25(29)23-19-9-10-20(12-11-19)24(23)26(28)30/h3-10,13-15,19-20,23-24H,2,11-12,16H2,1H3/b27-15-/t19-,20-,23-,24+/m0/s1. The van der Waals surface area contributed by atoms with Gasteiger partial charge in [0.15, 0.2) is 11.5 Å². The zero-order valence-corrected chi connectivity index (χ0v) is 18.0. The van der Waals surface area contributed by atoms with Crippen LogP contribution < -0.4 is 9.47 Å². The molecule has 1 aliphatic heterocycles. The van der Waals surface area contributed by atoms with Crippen LogP contribution in [0.5, 0.6) is 11.5 Å². The number of rotatable bonds is 7. The van der Waals surface area contributed by atoms with Crippen molar-refractivity contribution in [3.63, 3.8) is 0 Å². The lowest BCUT2D eigenvalue weighted by Crippen LogP contribution is -2.38. The second-order valence-electron chi connectivity index (χ2n) is 8.49. The number of ether oxygens (including phenoxy) is 2. The number of carbonyl (C=O) groups excluding carboxylic acids is 2. The van der Waals surface area contributed by atoms with Crippen LogP contribution in [-0.4, -0.2) is 29.6 Å². The van der Waals surface area contributed by atoms with Gasteiger partial charge in [-0.3, -0.25) is 9.59 Å². The Balaban J connectivity index is 1.32. The Bertz CT molecular complexity index is 1050. The number of carbonyl (C=O) groups is 2. The van der Waals surface area contributed by atoms with Crippen molar-refractivity contribution in [1.29, 1.82) is 0 Å². The summed E-state index contributed by atoms with van der Waals surface area (Å²) in [6.07, 6.45) is 7.71. The number of amides is 2. The highest BCUT2D eigenvalue weighted by Gasteiger charge is 2.56. The van der Waals surface area contributed by atoms with Crippen LogP contribution in [0.2, 0.25) is 0 Å². The molecule has 6 rings (SSSR count). The minimum atomic E-state index is -0.254. The number of imide groups is 1. The Labute approximate surface area is 187 Å². The molecule has 6 heteroatoms. The average molecular weight is 431 g/mol. The largest absolute Gasteiger partial charge is 0.490 e. The molecule has 2 bridgehead atoms. The molecule has 0 spiro atoms. The average Bonchev–Trinajstić information content (AvgIpc) is 3.10. The van der Waals surface area contributed by atoms with Crippen LogP contribution >= 0.6 is 0 Å². The number of hydrogen-bond donors (Lipinski definition) is 0. The molecule has 0 unspecified atom stereocenters. The van der Waals surface area contributed by atoms with E-state index in [1.54, 1.807) is 6.21 Å². The Morgan fingerprint density at radius 2 is 1.62 bits per heavy atom. The molecule has 0 radical (unpaired) electrons. The number of hydrogen-bond acceptors (Lipinski definition) is 5. The van der Waals surface area contributed by atoms with E-state index in [9.17, 15) is 9.59 Å². The van der Waals surface area contributed by atoms with Gasteiger partial charge in [-0.2, -0.15) is 10.1 Å². The molecule has 4 atom stereocenters. The molecule has 6 nitrogen and oxygen atoms in total. The van der Waals surface area contributed by atoms with Crippen molar-refractivity contribution in [3.8, 4) is 11.5 Å². The lowest BCUT2D eigenvalue weighted by Gasteiger charge is -2.37. The van der Waals surface area contributed by atoms with Crippen LogP contribution in [0.15, 0.2) is 65.8 Å². The summed E-state index contributed by atoms with van der Waals surface area (Å²) in [5.74, 6) is 0.690. The maximum atomic E-state index is 12.9. The topological polar surface area (TPSA) is 68.2 Å². The zero-order valence-electron chi connectivity index (χ0n) is 18.0. The fraction of sp³-hybridized carbons (Fsp3) is 0.346. The minimum absolute atomic E-state index is 0.159. The molecule has 2 aromatic carbocycles. The predicted octanol–water partition coefficient (Wildman–Crippen LogP) is 4.20. The van der Waals surface area contributed by atoms with E-state index in [1.165, 1.54) is 0 Å². The molecule has 32 heavy (non-hydrogen) atoms. The molecule has 164 valence electrons. The van der Waals surface area contributed by atoms with E-state index in [4.69, 9.17) is 9.47 Å². The highest BCUT2D eigenvalue weighted by atomic mass is 16.5. The molecule has 1 saturated heterocycles. The SMILES string of the molecule is CCOc1cc(/C=N\N2C(=O)[C@@H]3[C@H](C2=O)[C@H]2C=C[C@H]3CC2)ccc1OCc1ccccc1. The monoisotopic (exact) mass is 430 g/mol. The first kappa shape index (κ1) is 20.5. The van der Waals surface area contributed by atoms with Crippen molar-refractivity contribution < 1.29 is 19.1 Å². The van der Waals surface area contributed by atoms with Gasteiger partial charge in [-0.15, -0.1) is 0 Å². The van der Waals surface area contributed by atoms with Gasteiger partial charge < -0.3 is 9.47 Å². The van der Waals surface area contributed by atoms with Gasteiger partial charge in [-0.25, -0.2) is 0 Å². The van der Waals surface area contributed by atoms with Crippen molar-refractivity contribution in [1.82, 2.24) is 5.01 Å². The van der Waals surface area contributed by atoms with E-state index in [0.717, 1.165) is 29.0 Å². The molecule has 1 saturated carbocycles. The van der Waals surface area contributed by atoms with E-state index >= 15 is 0 Å². The van der Waals surface area contributed by atoms with Crippen molar-refractivity contribution in [3.05, 3.63) is 71.8 Å². The lowest BCUT2D eigenvalue weighted by molar-refractivity contribution is -0.140. The molecule has 0 aromatic heterocycles. The van der Waals surface area contributed by atoms with Crippen molar-refractivity contribution in [2.45, 2.75) is 26.4 Å². The summed E-state index contributed by atoms with van der Waals surface area (Å²) in [7, 11) is 0.